The van der Waals surface area contributed by atoms with E-state index >= 15 is 0 Å². The van der Waals surface area contributed by atoms with Crippen LogP contribution in [-0.4, -0.2) is 24.1 Å². The van der Waals surface area contributed by atoms with Gasteiger partial charge in [-0.05, 0) is 99.2 Å². The molecule has 6 nitrogen and oxygen atoms in total. The summed E-state index contributed by atoms with van der Waals surface area (Å²) >= 11 is 0. The zero-order valence-corrected chi connectivity index (χ0v) is 20.5. The van der Waals surface area contributed by atoms with Crippen LogP contribution in [0.15, 0.2) is 60.7 Å². The van der Waals surface area contributed by atoms with Crippen molar-refractivity contribution in [1.29, 1.82) is 0 Å². The molecule has 5 rings (SSSR count). The molecule has 0 bridgehead atoms. The van der Waals surface area contributed by atoms with Gasteiger partial charge in [0.25, 0.3) is 5.91 Å². The van der Waals surface area contributed by atoms with Gasteiger partial charge in [0.15, 0.2) is 11.5 Å². The molecule has 35 heavy (non-hydrogen) atoms. The molecule has 2 aliphatic rings. The Bertz CT molecular complexity index is 1330. The van der Waals surface area contributed by atoms with Gasteiger partial charge in [-0.2, -0.15) is 0 Å². The van der Waals surface area contributed by atoms with Crippen LogP contribution >= 0.6 is 0 Å². The van der Waals surface area contributed by atoms with Gasteiger partial charge in [-0.25, -0.2) is 0 Å². The van der Waals surface area contributed by atoms with Gasteiger partial charge in [-0.3, -0.25) is 9.59 Å². The average Bonchev–Trinajstić information content (AvgIpc) is 3.50. The number of hydrogen-bond acceptors (Lipinski definition) is 4. The van der Waals surface area contributed by atoms with Crippen LogP contribution in [0.3, 0.4) is 0 Å². The van der Waals surface area contributed by atoms with Crippen LogP contribution in [-0.2, 0) is 10.2 Å². The number of nitrogens with one attached hydrogen (secondary N) is 2. The zero-order valence-electron chi connectivity index (χ0n) is 20.5. The largest absolute Gasteiger partial charge is 0.454 e. The quantitative estimate of drug-likeness (QED) is 0.489. The van der Waals surface area contributed by atoms with Crippen molar-refractivity contribution < 1.29 is 20.5 Å². The Morgan fingerprint density at radius 1 is 0.943 bits per heavy atom. The number of ether oxygens (including phenoxy) is 2. The topological polar surface area (TPSA) is 76.7 Å². The molecule has 1 saturated carbocycles. The smallest absolute Gasteiger partial charge is 0.251 e. The fourth-order valence-electron chi connectivity index (χ4n) is 4.47. The van der Waals surface area contributed by atoms with Crippen LogP contribution in [0.4, 0.5) is 5.69 Å². The Morgan fingerprint density at radius 3 is 2.46 bits per heavy atom. The van der Waals surface area contributed by atoms with E-state index < -0.39 is 5.41 Å². The van der Waals surface area contributed by atoms with Crippen molar-refractivity contribution >= 4 is 17.5 Å². The van der Waals surface area contributed by atoms with Gasteiger partial charge >= 0.3 is 0 Å². The van der Waals surface area contributed by atoms with Gasteiger partial charge in [0.1, 0.15) is 0 Å². The molecule has 3 aromatic carbocycles. The molecule has 1 aliphatic carbocycles. The predicted molar refractivity (Wildman–Crippen MR) is 138 cm³/mol. The van der Waals surface area contributed by atoms with E-state index in [1.54, 1.807) is 0 Å². The Balaban J connectivity index is 0.00000304. The Kier molecular flexibility index (Phi) is 5.55. The van der Waals surface area contributed by atoms with Crippen molar-refractivity contribution in [3.8, 4) is 22.6 Å². The summed E-state index contributed by atoms with van der Waals surface area (Å²) in [7, 11) is 0. The van der Waals surface area contributed by atoms with Crippen molar-refractivity contribution in [2.24, 2.45) is 0 Å². The fourth-order valence-corrected chi connectivity index (χ4v) is 4.47. The highest BCUT2D eigenvalue weighted by Gasteiger charge is 2.51. The highest BCUT2D eigenvalue weighted by molar-refractivity contribution is 6.02. The third kappa shape index (κ3) is 4.61. The maximum Gasteiger partial charge on any atom is 0.251 e. The SMILES string of the molecule is Cc1ccc(NC(=O)C2(c3ccc4c(c3)OCO4)CC2)cc1-c1cccc(C(=O)NC(C)(C)C)c1.[HH]. The molecule has 1 heterocycles. The van der Waals surface area contributed by atoms with Crippen LogP contribution in [0.5, 0.6) is 11.5 Å². The number of carbonyl (C=O) groups excluding carboxylic acids is 2. The molecule has 0 unspecified atom stereocenters. The summed E-state index contributed by atoms with van der Waals surface area (Å²) in [6, 6.07) is 19.2. The highest BCUT2D eigenvalue weighted by Crippen LogP contribution is 2.51. The second-order valence-electron chi connectivity index (χ2n) is 10.4. The number of benzene rings is 3. The lowest BCUT2D eigenvalue weighted by molar-refractivity contribution is -0.118. The molecular formula is C29H32N2O4. The van der Waals surface area contributed by atoms with E-state index in [9.17, 15) is 9.59 Å². The highest BCUT2D eigenvalue weighted by atomic mass is 16.7. The molecule has 0 saturated heterocycles. The summed E-state index contributed by atoms with van der Waals surface area (Å²) in [4.78, 5) is 26.0. The molecule has 2 N–H and O–H groups in total. The van der Waals surface area contributed by atoms with Crippen molar-refractivity contribution in [2.75, 3.05) is 12.1 Å². The summed E-state index contributed by atoms with van der Waals surface area (Å²) in [6.45, 7) is 8.12. The van der Waals surface area contributed by atoms with Gasteiger partial charge < -0.3 is 20.1 Å². The summed E-state index contributed by atoms with van der Waals surface area (Å²) in [5.74, 6) is 1.27. The van der Waals surface area contributed by atoms with Gasteiger partial charge in [-0.15, -0.1) is 0 Å². The fraction of sp³-hybridized carbons (Fsp3) is 0.310. The molecule has 0 spiro atoms. The standard InChI is InChI=1S/C29H30N2O4.H2/c1-18-8-10-22(16-23(18)19-6-5-7-20(14-19)26(32)31-28(2,3)4)30-27(33)29(12-13-29)21-9-11-24-25(15-21)35-17-34-24;/h5-11,14-16H,12-13,17H2,1-4H3,(H,30,33)(H,31,32);1H. The Labute approximate surface area is 207 Å². The van der Waals surface area contributed by atoms with Crippen molar-refractivity contribution in [3.63, 3.8) is 0 Å². The van der Waals surface area contributed by atoms with Crippen LogP contribution in [0.25, 0.3) is 11.1 Å². The molecule has 3 aromatic rings. The molecule has 1 aliphatic heterocycles. The number of anilines is 1. The second-order valence-corrected chi connectivity index (χ2v) is 10.4. The molecule has 1 fully saturated rings. The van der Waals surface area contributed by atoms with E-state index in [0.29, 0.717) is 17.1 Å². The van der Waals surface area contributed by atoms with Crippen LogP contribution in [0.1, 0.15) is 56.5 Å². The van der Waals surface area contributed by atoms with E-state index in [-0.39, 0.29) is 25.6 Å². The van der Waals surface area contributed by atoms with E-state index in [1.165, 1.54) is 0 Å². The first-order valence-corrected chi connectivity index (χ1v) is 11.9. The summed E-state index contributed by atoms with van der Waals surface area (Å²) in [5, 5.41) is 6.13. The molecule has 0 aromatic heterocycles. The van der Waals surface area contributed by atoms with Gasteiger partial charge in [-0.1, -0.05) is 24.3 Å². The second kappa shape index (κ2) is 8.45. The number of fused-ring (bicyclic) bond motifs is 1. The molecule has 6 heteroatoms. The summed E-state index contributed by atoms with van der Waals surface area (Å²) < 4.78 is 10.9. The Morgan fingerprint density at radius 2 is 1.71 bits per heavy atom. The van der Waals surface area contributed by atoms with E-state index in [0.717, 1.165) is 40.8 Å². The lowest BCUT2D eigenvalue weighted by Crippen LogP contribution is -2.40. The first kappa shape index (κ1) is 23.0. The minimum absolute atomic E-state index is 0. The van der Waals surface area contributed by atoms with Crippen LogP contribution in [0.2, 0.25) is 0 Å². The lowest BCUT2D eigenvalue weighted by Gasteiger charge is -2.21. The number of aryl methyl sites for hydroxylation is 1. The minimum atomic E-state index is -0.545. The van der Waals surface area contributed by atoms with Crippen molar-refractivity contribution in [2.45, 2.75) is 51.5 Å². The first-order chi connectivity index (χ1) is 16.6. The van der Waals surface area contributed by atoms with Gasteiger partial charge in [0.05, 0.1) is 5.41 Å². The molecule has 0 atom stereocenters. The van der Waals surface area contributed by atoms with Crippen molar-refractivity contribution in [1.82, 2.24) is 5.32 Å². The normalized spacial score (nSPS) is 15.4. The summed E-state index contributed by atoms with van der Waals surface area (Å²) in [5.41, 5.74) is 4.38. The molecule has 0 radical (unpaired) electrons. The first-order valence-electron chi connectivity index (χ1n) is 11.9. The average molecular weight is 473 g/mol. The monoisotopic (exact) mass is 472 g/mol. The third-order valence-corrected chi connectivity index (χ3v) is 6.53. The minimum Gasteiger partial charge on any atom is -0.454 e. The number of carbonyl (C=O) groups is 2. The maximum absolute atomic E-state index is 13.4. The van der Waals surface area contributed by atoms with Crippen LogP contribution in [0, 0.1) is 6.92 Å². The molecule has 2 amide bonds. The van der Waals surface area contributed by atoms with E-state index in [4.69, 9.17) is 9.47 Å². The number of amides is 2. The van der Waals surface area contributed by atoms with E-state index in [2.05, 4.69) is 10.6 Å². The maximum atomic E-state index is 13.4. The zero-order chi connectivity index (χ0) is 24.8. The van der Waals surface area contributed by atoms with Gasteiger partial charge in [0.2, 0.25) is 12.7 Å². The Hall–Kier alpha value is -3.80. The van der Waals surface area contributed by atoms with E-state index in [1.807, 2.05) is 88.4 Å². The third-order valence-electron chi connectivity index (χ3n) is 6.53. The molecule has 182 valence electrons. The summed E-state index contributed by atoms with van der Waals surface area (Å²) in [6.07, 6.45) is 1.59. The van der Waals surface area contributed by atoms with Crippen LogP contribution < -0.4 is 20.1 Å². The predicted octanol–water partition coefficient (Wildman–Crippen LogP) is 5.84. The number of hydrogen-bond donors (Lipinski definition) is 2. The van der Waals surface area contributed by atoms with Gasteiger partial charge in [0, 0.05) is 18.2 Å². The number of rotatable bonds is 5. The van der Waals surface area contributed by atoms with Crippen molar-refractivity contribution in [3.05, 3.63) is 77.4 Å². The molecular weight excluding hydrogens is 440 g/mol. The lowest BCUT2D eigenvalue weighted by atomic mass is 9.94.